The molecule has 2 aromatic heterocycles. The molecular weight excluding hydrogens is 238 g/mol. The predicted octanol–water partition coefficient (Wildman–Crippen LogP) is 1.68. The Morgan fingerprint density at radius 3 is 2.94 bits per heavy atom. The summed E-state index contributed by atoms with van der Waals surface area (Å²) in [6, 6.07) is 1.53. The van der Waals surface area contributed by atoms with E-state index in [-0.39, 0.29) is 12.2 Å². The highest BCUT2D eigenvalue weighted by Gasteiger charge is 2.11. The molecule has 0 unspecified atom stereocenters. The summed E-state index contributed by atoms with van der Waals surface area (Å²) in [5.41, 5.74) is 1.12. The molecule has 0 bridgehead atoms. The van der Waals surface area contributed by atoms with Crippen LogP contribution in [-0.2, 0) is 6.42 Å². The summed E-state index contributed by atoms with van der Waals surface area (Å²) in [5.74, 6) is 0.300. The Hall–Kier alpha value is -1.82. The number of Topliss-reactive ketones (excluding diaryl/α,β-unsaturated/α-hetero) is 1. The van der Waals surface area contributed by atoms with Crippen LogP contribution in [-0.4, -0.2) is 27.8 Å². The Morgan fingerprint density at radius 2 is 2.29 bits per heavy atom. The van der Waals surface area contributed by atoms with Gasteiger partial charge in [-0.25, -0.2) is 15.0 Å². The molecule has 0 spiro atoms. The SMILES string of the molecule is COc1cc(C(=O)Cc2csc(C)n2)ncn1. The van der Waals surface area contributed by atoms with Crippen LogP contribution in [0, 0.1) is 6.92 Å². The van der Waals surface area contributed by atoms with Crippen LogP contribution in [0.15, 0.2) is 17.8 Å². The molecule has 0 aliphatic heterocycles. The van der Waals surface area contributed by atoms with Crippen molar-refractivity contribution >= 4 is 17.1 Å². The maximum atomic E-state index is 11.9. The number of carbonyl (C=O) groups excluding carboxylic acids is 1. The second kappa shape index (κ2) is 5.01. The third-order valence-corrected chi connectivity index (χ3v) is 2.97. The van der Waals surface area contributed by atoms with Gasteiger partial charge in [-0.2, -0.15) is 0 Å². The standard InChI is InChI=1S/C11H11N3O2S/c1-7-14-8(5-17-7)3-10(15)9-4-11(16-2)13-6-12-9/h4-6H,3H2,1-2H3. The molecule has 2 aromatic rings. The monoisotopic (exact) mass is 249 g/mol. The van der Waals surface area contributed by atoms with Gasteiger partial charge in [0.05, 0.1) is 24.2 Å². The zero-order valence-electron chi connectivity index (χ0n) is 9.51. The molecular formula is C11H11N3O2S. The van der Waals surface area contributed by atoms with Crippen molar-refractivity contribution in [2.24, 2.45) is 0 Å². The lowest BCUT2D eigenvalue weighted by Gasteiger charge is -2.00. The Kier molecular flexibility index (Phi) is 3.43. The summed E-state index contributed by atoms with van der Waals surface area (Å²) in [6.07, 6.45) is 1.57. The van der Waals surface area contributed by atoms with Gasteiger partial charge in [-0.15, -0.1) is 11.3 Å². The smallest absolute Gasteiger partial charge is 0.216 e. The van der Waals surface area contributed by atoms with E-state index in [1.807, 2.05) is 12.3 Å². The normalized spacial score (nSPS) is 10.2. The topological polar surface area (TPSA) is 65.0 Å². The van der Waals surface area contributed by atoms with Crippen molar-refractivity contribution in [3.63, 3.8) is 0 Å². The third-order valence-electron chi connectivity index (χ3n) is 2.15. The van der Waals surface area contributed by atoms with E-state index in [2.05, 4.69) is 15.0 Å². The number of aromatic nitrogens is 3. The van der Waals surface area contributed by atoms with Gasteiger partial charge in [-0.05, 0) is 6.92 Å². The summed E-state index contributed by atoms with van der Waals surface area (Å²) in [6.45, 7) is 1.91. The molecule has 17 heavy (non-hydrogen) atoms. The molecule has 0 N–H and O–H groups in total. The minimum atomic E-state index is -0.0870. The molecule has 2 rings (SSSR count). The quantitative estimate of drug-likeness (QED) is 0.771. The zero-order valence-corrected chi connectivity index (χ0v) is 10.3. The van der Waals surface area contributed by atoms with Gasteiger partial charge in [0.1, 0.15) is 12.0 Å². The molecule has 6 heteroatoms. The fourth-order valence-electron chi connectivity index (χ4n) is 1.35. The van der Waals surface area contributed by atoms with E-state index in [0.717, 1.165) is 10.7 Å². The highest BCUT2D eigenvalue weighted by molar-refractivity contribution is 7.09. The first-order chi connectivity index (χ1) is 8.19. The van der Waals surface area contributed by atoms with Crippen LogP contribution < -0.4 is 4.74 Å². The van der Waals surface area contributed by atoms with Crippen LogP contribution in [0.4, 0.5) is 0 Å². The number of hydrogen-bond acceptors (Lipinski definition) is 6. The number of rotatable bonds is 4. The van der Waals surface area contributed by atoms with Crippen LogP contribution in [0.5, 0.6) is 5.88 Å². The molecule has 5 nitrogen and oxygen atoms in total. The molecule has 0 atom stereocenters. The number of carbonyl (C=O) groups is 1. The molecule has 0 saturated carbocycles. The predicted molar refractivity (Wildman–Crippen MR) is 63.5 cm³/mol. The lowest BCUT2D eigenvalue weighted by molar-refractivity contribution is 0.0986. The Labute approximate surface area is 103 Å². The fraction of sp³-hybridized carbons (Fsp3) is 0.273. The van der Waals surface area contributed by atoms with Crippen LogP contribution in [0.3, 0.4) is 0 Å². The maximum Gasteiger partial charge on any atom is 0.216 e. The number of aryl methyl sites for hydroxylation is 1. The van der Waals surface area contributed by atoms with Crippen molar-refractivity contribution < 1.29 is 9.53 Å². The summed E-state index contributed by atoms with van der Waals surface area (Å²) in [4.78, 5) is 23.9. The van der Waals surface area contributed by atoms with Crippen LogP contribution in [0.1, 0.15) is 21.2 Å². The highest BCUT2D eigenvalue weighted by atomic mass is 32.1. The minimum absolute atomic E-state index is 0.0870. The maximum absolute atomic E-state index is 11.9. The van der Waals surface area contributed by atoms with Crippen LogP contribution >= 0.6 is 11.3 Å². The molecule has 0 amide bonds. The Balaban J connectivity index is 2.14. The van der Waals surface area contributed by atoms with Gasteiger partial charge in [-0.3, -0.25) is 4.79 Å². The largest absolute Gasteiger partial charge is 0.481 e. The minimum Gasteiger partial charge on any atom is -0.481 e. The van der Waals surface area contributed by atoms with Gasteiger partial charge in [-0.1, -0.05) is 0 Å². The van der Waals surface area contributed by atoms with E-state index in [1.54, 1.807) is 0 Å². The van der Waals surface area contributed by atoms with Crippen molar-refractivity contribution in [2.75, 3.05) is 7.11 Å². The Morgan fingerprint density at radius 1 is 1.47 bits per heavy atom. The van der Waals surface area contributed by atoms with Gasteiger partial charge >= 0.3 is 0 Å². The number of ketones is 1. The van der Waals surface area contributed by atoms with E-state index >= 15 is 0 Å². The number of ether oxygens (including phenoxy) is 1. The molecule has 0 radical (unpaired) electrons. The summed E-state index contributed by atoms with van der Waals surface area (Å²) >= 11 is 1.53. The van der Waals surface area contributed by atoms with Crippen LogP contribution in [0.25, 0.3) is 0 Å². The zero-order chi connectivity index (χ0) is 12.3. The van der Waals surface area contributed by atoms with E-state index in [1.165, 1.54) is 30.8 Å². The third kappa shape index (κ3) is 2.85. The number of methoxy groups -OCH3 is 1. The summed E-state index contributed by atoms with van der Waals surface area (Å²) in [7, 11) is 1.50. The number of thiazole rings is 1. The summed E-state index contributed by atoms with van der Waals surface area (Å²) < 4.78 is 4.94. The molecule has 2 heterocycles. The van der Waals surface area contributed by atoms with E-state index in [0.29, 0.717) is 11.6 Å². The lowest BCUT2D eigenvalue weighted by atomic mass is 10.2. The average Bonchev–Trinajstić information content (AvgIpc) is 2.75. The van der Waals surface area contributed by atoms with Gasteiger partial charge in [0.2, 0.25) is 5.88 Å². The first-order valence-electron chi connectivity index (χ1n) is 4.99. The van der Waals surface area contributed by atoms with Gasteiger partial charge in [0, 0.05) is 11.4 Å². The highest BCUT2D eigenvalue weighted by Crippen LogP contribution is 2.12. The summed E-state index contributed by atoms with van der Waals surface area (Å²) in [5, 5.41) is 2.83. The molecule has 88 valence electrons. The van der Waals surface area contributed by atoms with Crippen molar-refractivity contribution in [1.82, 2.24) is 15.0 Å². The molecule has 0 saturated heterocycles. The van der Waals surface area contributed by atoms with Crippen molar-refractivity contribution in [2.45, 2.75) is 13.3 Å². The average molecular weight is 249 g/mol. The second-order valence-corrected chi connectivity index (χ2v) is 4.47. The van der Waals surface area contributed by atoms with Crippen molar-refractivity contribution in [3.8, 4) is 5.88 Å². The van der Waals surface area contributed by atoms with E-state index in [4.69, 9.17) is 4.74 Å². The number of hydrogen-bond donors (Lipinski definition) is 0. The Bertz CT molecular complexity index is 539. The fourth-order valence-corrected chi connectivity index (χ4v) is 1.96. The van der Waals surface area contributed by atoms with Crippen molar-refractivity contribution in [3.05, 3.63) is 34.2 Å². The lowest BCUT2D eigenvalue weighted by Crippen LogP contribution is -2.07. The first kappa shape index (κ1) is 11.7. The molecule has 0 aliphatic rings. The van der Waals surface area contributed by atoms with Gasteiger partial charge in [0.25, 0.3) is 0 Å². The van der Waals surface area contributed by atoms with Crippen LogP contribution in [0.2, 0.25) is 0 Å². The van der Waals surface area contributed by atoms with Gasteiger partial charge in [0.15, 0.2) is 5.78 Å². The van der Waals surface area contributed by atoms with Crippen molar-refractivity contribution in [1.29, 1.82) is 0 Å². The second-order valence-electron chi connectivity index (χ2n) is 3.40. The van der Waals surface area contributed by atoms with E-state index < -0.39 is 0 Å². The first-order valence-corrected chi connectivity index (χ1v) is 5.87. The molecule has 0 aliphatic carbocycles. The van der Waals surface area contributed by atoms with E-state index in [9.17, 15) is 4.79 Å². The number of nitrogens with zero attached hydrogens (tertiary/aromatic N) is 3. The molecule has 0 aromatic carbocycles. The molecule has 0 fully saturated rings. The van der Waals surface area contributed by atoms with Gasteiger partial charge < -0.3 is 4.74 Å².